The van der Waals surface area contributed by atoms with Crippen molar-refractivity contribution in [1.29, 1.82) is 0 Å². The number of rotatable bonds is 5. The molecule has 8 rings (SSSR count). The normalized spacial score (nSPS) is 30.2. The Morgan fingerprint density at radius 3 is 2.60 bits per heavy atom. The first-order chi connectivity index (χ1) is 21.6. The van der Waals surface area contributed by atoms with Crippen molar-refractivity contribution in [1.82, 2.24) is 20.4 Å². The number of fused-ring (bicyclic) bond motifs is 2. The number of hydrogen-bond acceptors (Lipinski definition) is 12. The van der Waals surface area contributed by atoms with E-state index >= 15 is 0 Å². The molecule has 6 aliphatic rings. The van der Waals surface area contributed by atoms with Crippen LogP contribution in [0.1, 0.15) is 35.2 Å². The highest BCUT2D eigenvalue weighted by Gasteiger charge is 2.73. The minimum Gasteiger partial charge on any atom is -0.492 e. The largest absolute Gasteiger partial charge is 0.492 e. The summed E-state index contributed by atoms with van der Waals surface area (Å²) in [6.07, 6.45) is 2.98. The molecule has 0 bridgehead atoms. The number of amides is 4. The molecule has 1 aliphatic carbocycles. The number of benzene rings is 2. The van der Waals surface area contributed by atoms with E-state index in [-0.39, 0.29) is 37.0 Å². The predicted octanol–water partition coefficient (Wildman–Crippen LogP) is -1.26. The maximum Gasteiger partial charge on any atom is 0.331 e. The van der Waals surface area contributed by atoms with Gasteiger partial charge < -0.3 is 42.0 Å². The van der Waals surface area contributed by atoms with Crippen molar-refractivity contribution < 1.29 is 29.3 Å². The highest BCUT2D eigenvalue weighted by atomic mass is 16.5. The topological polar surface area (TPSA) is 211 Å². The minimum atomic E-state index is -2.68. The lowest BCUT2D eigenvalue weighted by Crippen LogP contribution is -2.78. The molecule has 4 amide bonds. The molecule has 1 saturated carbocycles. The zero-order chi connectivity index (χ0) is 31.3. The van der Waals surface area contributed by atoms with Crippen LogP contribution in [-0.4, -0.2) is 106 Å². The second kappa shape index (κ2) is 9.31. The Hall–Kier alpha value is -4.89. The fraction of sp³-hybridized carbons (Fsp3) is 0.433. The molecule has 1 unspecified atom stereocenters. The third kappa shape index (κ3) is 3.80. The lowest BCUT2D eigenvalue weighted by molar-refractivity contribution is -0.230. The molecule has 2 aromatic rings. The first kappa shape index (κ1) is 27.6. The fourth-order valence-corrected chi connectivity index (χ4v) is 7.63. The average Bonchev–Trinajstić information content (AvgIpc) is 3.53. The Morgan fingerprint density at radius 2 is 1.84 bits per heavy atom. The Balaban J connectivity index is 1.07. The monoisotopic (exact) mass is 615 g/mol. The van der Waals surface area contributed by atoms with Crippen molar-refractivity contribution in [2.24, 2.45) is 21.5 Å². The maximum absolute atomic E-state index is 13.7. The Morgan fingerprint density at radius 1 is 1.07 bits per heavy atom. The number of aliphatic hydroxyl groups is 2. The number of imide groups is 1. The molecule has 234 valence electrons. The van der Waals surface area contributed by atoms with Crippen LogP contribution in [0, 0.1) is 0 Å². The van der Waals surface area contributed by atoms with Gasteiger partial charge in [-0.2, -0.15) is 0 Å². The van der Waals surface area contributed by atoms with Crippen LogP contribution in [0.2, 0.25) is 0 Å². The van der Waals surface area contributed by atoms with Gasteiger partial charge in [-0.25, -0.2) is 14.8 Å². The van der Waals surface area contributed by atoms with E-state index in [0.717, 1.165) is 29.7 Å². The number of aliphatic imine (C=N–C) groups is 2. The summed E-state index contributed by atoms with van der Waals surface area (Å²) < 4.78 is 5.95. The summed E-state index contributed by atoms with van der Waals surface area (Å²) in [5, 5.41) is 29.4. The van der Waals surface area contributed by atoms with Gasteiger partial charge in [-0.3, -0.25) is 19.4 Å². The number of para-hydroxylation sites is 2. The lowest BCUT2D eigenvalue weighted by Gasteiger charge is -2.49. The van der Waals surface area contributed by atoms with Crippen LogP contribution in [-0.2, 0) is 10.2 Å². The molecule has 5 aliphatic heterocycles. The summed E-state index contributed by atoms with van der Waals surface area (Å²) in [6, 6.07) is 10.4. The first-order valence-electron chi connectivity index (χ1n) is 15.0. The zero-order valence-corrected chi connectivity index (χ0v) is 24.2. The molecule has 5 heterocycles. The first-order valence-corrected chi connectivity index (χ1v) is 15.0. The standard InChI is InChI=1S/C30H33N9O6/c31-25-35-23-19(13-38-21(40)15-37(27(38)42)16-5-2-1-3-6-16)33-26(32)39-14-20(30(43,44)29(23,39)36-25)34-24(41)17-7-4-8-18-22(17)45-12-11-28(18)9-10-28/h1-8,19-20,23,43-44H,9-15H2,(H2,32,33)(H,34,41)(H3,31,35,36)/t19-,20?,23-,29-/m0/s1. The van der Waals surface area contributed by atoms with Gasteiger partial charge in [0.2, 0.25) is 5.79 Å². The lowest BCUT2D eigenvalue weighted by atomic mass is 9.84. The van der Waals surface area contributed by atoms with Gasteiger partial charge >= 0.3 is 6.03 Å². The number of nitrogens with two attached hydrogens (primary N) is 2. The van der Waals surface area contributed by atoms with Gasteiger partial charge in [0.1, 0.15) is 24.4 Å². The van der Waals surface area contributed by atoms with Crippen molar-refractivity contribution in [2.75, 3.05) is 31.1 Å². The molecule has 3 fully saturated rings. The molecule has 0 aromatic heterocycles. The quantitative estimate of drug-likeness (QED) is 0.174. The molecule has 4 atom stereocenters. The maximum atomic E-state index is 13.7. The van der Waals surface area contributed by atoms with Gasteiger partial charge in [-0.15, -0.1) is 0 Å². The molecular formula is C30H33N9O6. The molecule has 2 aromatic carbocycles. The van der Waals surface area contributed by atoms with Gasteiger partial charge in [-0.1, -0.05) is 30.3 Å². The number of hydrogen-bond donors (Lipinski definition) is 6. The molecule has 45 heavy (non-hydrogen) atoms. The predicted molar refractivity (Wildman–Crippen MR) is 160 cm³/mol. The minimum absolute atomic E-state index is 0.0422. The molecule has 15 nitrogen and oxygen atoms in total. The van der Waals surface area contributed by atoms with Crippen LogP contribution in [0.4, 0.5) is 10.5 Å². The SMILES string of the molecule is NC1=N[C@H]2[C@H](CN3C(=O)CN(c4ccccc4)C3=O)N=C(N)N3CC(NC(=O)c4cccc5c4OCCC54CC4)C(O)(O)[C@]23N1. The number of guanidine groups is 2. The summed E-state index contributed by atoms with van der Waals surface area (Å²) in [4.78, 5) is 52.9. The molecular weight excluding hydrogens is 582 g/mol. The summed E-state index contributed by atoms with van der Waals surface area (Å²) >= 11 is 0. The average molecular weight is 616 g/mol. The zero-order valence-electron chi connectivity index (χ0n) is 24.2. The Bertz CT molecular complexity index is 1690. The molecule has 0 radical (unpaired) electrons. The third-order valence-corrected chi connectivity index (χ3v) is 10.1. The highest BCUT2D eigenvalue weighted by Crippen LogP contribution is 2.56. The number of carbonyl (C=O) groups excluding carboxylic acids is 3. The van der Waals surface area contributed by atoms with Crippen molar-refractivity contribution >= 4 is 35.5 Å². The van der Waals surface area contributed by atoms with Crippen LogP contribution in [0.15, 0.2) is 58.5 Å². The van der Waals surface area contributed by atoms with Crippen molar-refractivity contribution in [2.45, 2.75) is 54.3 Å². The van der Waals surface area contributed by atoms with Gasteiger partial charge in [0, 0.05) is 23.2 Å². The van der Waals surface area contributed by atoms with E-state index in [4.69, 9.17) is 16.2 Å². The van der Waals surface area contributed by atoms with Crippen LogP contribution in [0.3, 0.4) is 0 Å². The van der Waals surface area contributed by atoms with Gasteiger partial charge in [-0.05, 0) is 37.5 Å². The van der Waals surface area contributed by atoms with Gasteiger partial charge in [0.25, 0.3) is 11.8 Å². The number of nitrogens with zero attached hydrogens (tertiary/aromatic N) is 5. The summed E-state index contributed by atoms with van der Waals surface area (Å²) in [5.41, 5.74) is 12.6. The second-order valence-corrected chi connectivity index (χ2v) is 12.5. The third-order valence-electron chi connectivity index (χ3n) is 10.1. The number of anilines is 1. The van der Waals surface area contributed by atoms with Crippen LogP contribution in [0.5, 0.6) is 5.75 Å². The van der Waals surface area contributed by atoms with Crippen LogP contribution >= 0.6 is 0 Å². The molecule has 8 N–H and O–H groups in total. The second-order valence-electron chi connectivity index (χ2n) is 12.5. The number of nitrogens with one attached hydrogen (secondary N) is 2. The summed E-state index contributed by atoms with van der Waals surface area (Å²) in [6.45, 7) is -0.0330. The Kier molecular flexibility index (Phi) is 5.72. The van der Waals surface area contributed by atoms with E-state index in [1.165, 1.54) is 9.80 Å². The summed E-state index contributed by atoms with van der Waals surface area (Å²) in [5.74, 6) is -3.35. The van der Waals surface area contributed by atoms with Gasteiger partial charge in [0.05, 0.1) is 24.8 Å². The summed E-state index contributed by atoms with van der Waals surface area (Å²) in [7, 11) is 0. The van der Waals surface area contributed by atoms with Crippen LogP contribution in [0.25, 0.3) is 0 Å². The van der Waals surface area contributed by atoms with E-state index in [1.54, 1.807) is 30.3 Å². The highest BCUT2D eigenvalue weighted by molar-refractivity contribution is 6.12. The van der Waals surface area contributed by atoms with Crippen molar-refractivity contribution in [3.63, 3.8) is 0 Å². The van der Waals surface area contributed by atoms with Crippen LogP contribution < -0.4 is 31.7 Å². The van der Waals surface area contributed by atoms with Crippen molar-refractivity contribution in [3.8, 4) is 5.75 Å². The fourth-order valence-electron chi connectivity index (χ4n) is 7.63. The van der Waals surface area contributed by atoms with E-state index in [1.807, 2.05) is 18.2 Å². The van der Waals surface area contributed by atoms with Gasteiger partial charge in [0.15, 0.2) is 17.6 Å². The Labute approximate surface area is 257 Å². The van der Waals surface area contributed by atoms with E-state index in [0.29, 0.717) is 23.6 Å². The van der Waals surface area contributed by atoms with E-state index in [9.17, 15) is 24.6 Å². The van der Waals surface area contributed by atoms with E-state index < -0.39 is 47.4 Å². The van der Waals surface area contributed by atoms with Crippen molar-refractivity contribution in [3.05, 3.63) is 59.7 Å². The molecule has 2 saturated heterocycles. The number of ether oxygens (including phenoxy) is 1. The molecule has 15 heteroatoms. The molecule has 2 spiro atoms. The van der Waals surface area contributed by atoms with E-state index in [2.05, 4.69) is 20.6 Å². The number of urea groups is 1. The number of carbonyl (C=O) groups is 3. The smallest absolute Gasteiger partial charge is 0.331 e.